The van der Waals surface area contributed by atoms with Crippen LogP contribution in [0, 0.1) is 21.4 Å². The first kappa shape index (κ1) is 25.2. The standard InChI is InChI=1S/C25H20ClN3O6S/c1-2-34-25(31)22-17-5-3-4-6-21(17)36-24(22)28-23(30)15(13-27)11-16-8-10-20(35-16)14-7-9-18(26)19(12-14)29(32)33/h7-12H,2-6H2,1H3,(H,28,30)/b15-11+. The van der Waals surface area contributed by atoms with Crippen LogP contribution in [0.25, 0.3) is 17.4 Å². The number of hydrogen-bond acceptors (Lipinski definition) is 8. The fraction of sp³-hybridized carbons (Fsp3) is 0.240. The molecule has 2 heterocycles. The van der Waals surface area contributed by atoms with E-state index in [1.54, 1.807) is 19.1 Å². The van der Waals surface area contributed by atoms with Gasteiger partial charge in [-0.1, -0.05) is 11.6 Å². The lowest BCUT2D eigenvalue weighted by molar-refractivity contribution is -0.384. The van der Waals surface area contributed by atoms with Gasteiger partial charge >= 0.3 is 5.97 Å². The van der Waals surface area contributed by atoms with Gasteiger partial charge in [0.1, 0.15) is 33.2 Å². The number of carbonyl (C=O) groups excluding carboxylic acids is 2. The number of nitrogens with zero attached hydrogens (tertiary/aromatic N) is 2. The number of hydrogen-bond donors (Lipinski definition) is 1. The van der Waals surface area contributed by atoms with Crippen molar-refractivity contribution in [1.29, 1.82) is 5.26 Å². The highest BCUT2D eigenvalue weighted by Crippen LogP contribution is 2.39. The summed E-state index contributed by atoms with van der Waals surface area (Å²) in [4.78, 5) is 37.2. The molecule has 1 amide bonds. The molecule has 0 bridgehead atoms. The maximum absolute atomic E-state index is 12.9. The maximum Gasteiger partial charge on any atom is 0.341 e. The third-order valence-corrected chi connectivity index (χ3v) is 7.11. The highest BCUT2D eigenvalue weighted by Gasteiger charge is 2.28. The highest BCUT2D eigenvalue weighted by atomic mass is 35.5. The quantitative estimate of drug-likeness (QED) is 0.128. The number of nitro benzene ring substituents is 1. The van der Waals surface area contributed by atoms with E-state index in [2.05, 4.69) is 5.32 Å². The molecule has 3 aromatic rings. The van der Waals surface area contributed by atoms with Crippen molar-refractivity contribution in [3.8, 4) is 17.4 Å². The molecule has 0 saturated heterocycles. The van der Waals surface area contributed by atoms with Crippen LogP contribution < -0.4 is 5.32 Å². The molecule has 0 aliphatic heterocycles. The Labute approximate surface area is 215 Å². The summed E-state index contributed by atoms with van der Waals surface area (Å²) >= 11 is 7.19. The first-order chi connectivity index (χ1) is 17.3. The molecular weight excluding hydrogens is 506 g/mol. The van der Waals surface area contributed by atoms with Crippen LogP contribution in [0.4, 0.5) is 10.7 Å². The SMILES string of the molecule is CCOC(=O)c1c(NC(=O)/C(C#N)=C/c2ccc(-c3ccc(Cl)c([N+](=O)[O-])c3)o2)sc2c1CCCC2. The van der Waals surface area contributed by atoms with Crippen LogP contribution in [0.1, 0.15) is 46.3 Å². The molecule has 0 radical (unpaired) electrons. The second kappa shape index (κ2) is 10.8. The fourth-order valence-electron chi connectivity index (χ4n) is 3.93. The van der Waals surface area contributed by atoms with Gasteiger partial charge in [-0.05, 0) is 62.4 Å². The molecule has 4 rings (SSSR count). The molecule has 184 valence electrons. The lowest BCUT2D eigenvalue weighted by Crippen LogP contribution is -2.16. The predicted octanol–water partition coefficient (Wildman–Crippen LogP) is 6.17. The van der Waals surface area contributed by atoms with E-state index in [1.165, 1.54) is 35.6 Å². The molecule has 0 saturated carbocycles. The number of esters is 1. The van der Waals surface area contributed by atoms with E-state index < -0.39 is 16.8 Å². The zero-order chi connectivity index (χ0) is 25.8. The number of nitriles is 1. The fourth-order valence-corrected chi connectivity index (χ4v) is 5.38. The van der Waals surface area contributed by atoms with Crippen molar-refractivity contribution >= 4 is 51.6 Å². The van der Waals surface area contributed by atoms with Gasteiger partial charge in [-0.25, -0.2) is 4.79 Å². The van der Waals surface area contributed by atoms with Crippen molar-refractivity contribution in [2.24, 2.45) is 0 Å². The number of thiophene rings is 1. The number of nitro groups is 1. The highest BCUT2D eigenvalue weighted by molar-refractivity contribution is 7.17. The van der Waals surface area contributed by atoms with Crippen LogP contribution >= 0.6 is 22.9 Å². The third-order valence-electron chi connectivity index (χ3n) is 5.58. The molecule has 1 aromatic carbocycles. The number of benzene rings is 1. The Kier molecular flexibility index (Phi) is 7.52. The van der Waals surface area contributed by atoms with Crippen molar-refractivity contribution in [3.63, 3.8) is 0 Å². The van der Waals surface area contributed by atoms with Gasteiger partial charge in [0, 0.05) is 22.6 Å². The van der Waals surface area contributed by atoms with Gasteiger partial charge in [-0.2, -0.15) is 5.26 Å². The summed E-state index contributed by atoms with van der Waals surface area (Å²) in [5.41, 5.74) is 1.16. The monoisotopic (exact) mass is 525 g/mol. The number of ether oxygens (including phenoxy) is 1. The molecule has 2 aromatic heterocycles. The van der Waals surface area contributed by atoms with E-state index in [1.807, 2.05) is 6.07 Å². The number of nitrogens with one attached hydrogen (secondary N) is 1. The van der Waals surface area contributed by atoms with Gasteiger partial charge in [-0.15, -0.1) is 11.3 Å². The molecular formula is C25H20ClN3O6S. The molecule has 1 N–H and O–H groups in total. The third kappa shape index (κ3) is 5.17. The molecule has 0 unspecified atom stereocenters. The van der Waals surface area contributed by atoms with Crippen LogP contribution in [0.2, 0.25) is 5.02 Å². The number of carbonyl (C=O) groups is 2. The Hall–Kier alpha value is -3.94. The van der Waals surface area contributed by atoms with Crippen molar-refractivity contribution in [2.75, 3.05) is 11.9 Å². The average molecular weight is 526 g/mol. The Bertz CT molecular complexity index is 1430. The van der Waals surface area contributed by atoms with E-state index in [4.69, 9.17) is 20.8 Å². The Balaban J connectivity index is 1.60. The molecule has 0 fully saturated rings. The van der Waals surface area contributed by atoms with Gasteiger partial charge in [0.05, 0.1) is 17.1 Å². The van der Waals surface area contributed by atoms with Crippen LogP contribution in [0.5, 0.6) is 0 Å². The molecule has 9 nitrogen and oxygen atoms in total. The molecule has 1 aliphatic rings. The zero-order valence-corrected chi connectivity index (χ0v) is 20.7. The number of aryl methyl sites for hydroxylation is 1. The summed E-state index contributed by atoms with van der Waals surface area (Å²) in [5, 5.41) is 23.8. The van der Waals surface area contributed by atoms with Crippen molar-refractivity contribution < 1.29 is 23.7 Å². The molecule has 0 spiro atoms. The summed E-state index contributed by atoms with van der Waals surface area (Å²) in [5.74, 6) is -0.691. The van der Waals surface area contributed by atoms with E-state index in [-0.39, 0.29) is 28.7 Å². The molecule has 11 heteroatoms. The van der Waals surface area contributed by atoms with Gasteiger partial charge in [0.2, 0.25) is 0 Å². The number of furan rings is 1. The summed E-state index contributed by atoms with van der Waals surface area (Å²) in [6.07, 6.45) is 4.77. The van der Waals surface area contributed by atoms with Crippen LogP contribution in [0.15, 0.2) is 40.3 Å². The van der Waals surface area contributed by atoms with E-state index in [9.17, 15) is 25.0 Å². The van der Waals surface area contributed by atoms with Crippen LogP contribution in [0.3, 0.4) is 0 Å². The Morgan fingerprint density at radius 3 is 2.81 bits per heavy atom. The maximum atomic E-state index is 12.9. The van der Waals surface area contributed by atoms with E-state index in [0.29, 0.717) is 21.9 Å². The largest absolute Gasteiger partial charge is 0.462 e. The second-order valence-electron chi connectivity index (χ2n) is 7.88. The number of fused-ring (bicyclic) bond motifs is 1. The normalized spacial score (nSPS) is 13.0. The van der Waals surface area contributed by atoms with E-state index in [0.717, 1.165) is 36.1 Å². The van der Waals surface area contributed by atoms with Gasteiger partial charge in [-0.3, -0.25) is 14.9 Å². The minimum atomic E-state index is -0.693. The van der Waals surface area contributed by atoms with Gasteiger partial charge < -0.3 is 14.5 Å². The lowest BCUT2D eigenvalue weighted by atomic mass is 9.95. The van der Waals surface area contributed by atoms with E-state index >= 15 is 0 Å². The summed E-state index contributed by atoms with van der Waals surface area (Å²) in [7, 11) is 0. The molecule has 1 aliphatic carbocycles. The number of amides is 1. The Morgan fingerprint density at radius 2 is 2.08 bits per heavy atom. The summed E-state index contributed by atoms with van der Waals surface area (Å²) < 4.78 is 10.9. The minimum absolute atomic E-state index is 0.00342. The number of rotatable bonds is 7. The van der Waals surface area contributed by atoms with Gasteiger partial charge in [0.15, 0.2) is 0 Å². The predicted molar refractivity (Wildman–Crippen MR) is 135 cm³/mol. The number of anilines is 1. The van der Waals surface area contributed by atoms with Gasteiger partial charge in [0.25, 0.3) is 11.6 Å². The first-order valence-electron chi connectivity index (χ1n) is 11.1. The van der Waals surface area contributed by atoms with Crippen LogP contribution in [-0.2, 0) is 22.4 Å². The summed E-state index contributed by atoms with van der Waals surface area (Å²) in [6.45, 7) is 1.92. The smallest absolute Gasteiger partial charge is 0.341 e. The lowest BCUT2D eigenvalue weighted by Gasteiger charge is -2.12. The molecule has 36 heavy (non-hydrogen) atoms. The average Bonchev–Trinajstić information content (AvgIpc) is 3.47. The van der Waals surface area contributed by atoms with Crippen molar-refractivity contribution in [2.45, 2.75) is 32.6 Å². The Morgan fingerprint density at radius 1 is 1.31 bits per heavy atom. The topological polar surface area (TPSA) is 135 Å². The number of halogens is 1. The molecule has 0 atom stereocenters. The zero-order valence-electron chi connectivity index (χ0n) is 19.1. The summed E-state index contributed by atoms with van der Waals surface area (Å²) in [6, 6.07) is 9.20. The first-order valence-corrected chi connectivity index (χ1v) is 12.3. The minimum Gasteiger partial charge on any atom is -0.462 e. The van der Waals surface area contributed by atoms with Crippen LogP contribution in [-0.4, -0.2) is 23.4 Å². The second-order valence-corrected chi connectivity index (χ2v) is 9.40. The van der Waals surface area contributed by atoms with Crippen molar-refractivity contribution in [1.82, 2.24) is 0 Å². The van der Waals surface area contributed by atoms with Crippen molar-refractivity contribution in [3.05, 3.63) is 72.8 Å².